The van der Waals surface area contributed by atoms with Gasteiger partial charge in [0.2, 0.25) is 5.91 Å². The van der Waals surface area contributed by atoms with Crippen LogP contribution in [0.1, 0.15) is 11.1 Å². The summed E-state index contributed by atoms with van der Waals surface area (Å²) in [7, 11) is 1.59. The first-order valence-corrected chi connectivity index (χ1v) is 8.96. The number of nitrogens with one attached hydrogen (secondary N) is 1. The number of ether oxygens (including phenoxy) is 1. The number of hydrogen-bond acceptors (Lipinski definition) is 5. The van der Waals surface area contributed by atoms with Crippen molar-refractivity contribution in [3.63, 3.8) is 0 Å². The molecule has 0 spiro atoms. The molecule has 0 aliphatic carbocycles. The third-order valence-corrected chi connectivity index (χ3v) is 4.76. The van der Waals surface area contributed by atoms with Gasteiger partial charge in [-0.15, -0.1) is 0 Å². The van der Waals surface area contributed by atoms with Gasteiger partial charge in [0, 0.05) is 11.1 Å². The van der Waals surface area contributed by atoms with E-state index in [0.29, 0.717) is 16.3 Å². The highest BCUT2D eigenvalue weighted by Crippen LogP contribution is 2.25. The van der Waals surface area contributed by atoms with Gasteiger partial charge in [0.05, 0.1) is 23.9 Å². The number of thioether (sulfide) groups is 1. The van der Waals surface area contributed by atoms with Crippen LogP contribution in [0.2, 0.25) is 0 Å². The molecule has 0 atom stereocenters. The SMILES string of the molecule is COc1ccc(NC(=O)CSc2nc3ccc(C)cc3cc2C#N)cc1. The number of carbonyl (C=O) groups is 1. The van der Waals surface area contributed by atoms with Crippen LogP contribution < -0.4 is 10.1 Å². The summed E-state index contributed by atoms with van der Waals surface area (Å²) >= 11 is 1.26. The monoisotopic (exact) mass is 363 g/mol. The second-order valence-electron chi connectivity index (χ2n) is 5.71. The third-order valence-electron chi connectivity index (χ3n) is 3.77. The minimum atomic E-state index is -0.158. The molecule has 0 fully saturated rings. The first kappa shape index (κ1) is 17.8. The van der Waals surface area contributed by atoms with Crippen molar-refractivity contribution in [2.45, 2.75) is 11.9 Å². The number of nitrogens with zero attached hydrogens (tertiary/aromatic N) is 2. The van der Waals surface area contributed by atoms with Gasteiger partial charge in [-0.05, 0) is 49.4 Å². The number of carbonyl (C=O) groups excluding carboxylic acids is 1. The summed E-state index contributed by atoms with van der Waals surface area (Å²) in [5.41, 5.74) is 3.10. The number of aryl methyl sites for hydroxylation is 1. The molecule has 130 valence electrons. The molecule has 3 rings (SSSR count). The van der Waals surface area contributed by atoms with Crippen molar-refractivity contribution in [2.75, 3.05) is 18.2 Å². The Morgan fingerprint density at radius 2 is 2.00 bits per heavy atom. The first-order valence-electron chi connectivity index (χ1n) is 7.97. The number of anilines is 1. The molecule has 0 aliphatic rings. The smallest absolute Gasteiger partial charge is 0.234 e. The largest absolute Gasteiger partial charge is 0.497 e. The van der Waals surface area contributed by atoms with Gasteiger partial charge < -0.3 is 10.1 Å². The van der Waals surface area contributed by atoms with Crippen LogP contribution in [0.4, 0.5) is 5.69 Å². The maximum atomic E-state index is 12.2. The molecule has 0 unspecified atom stereocenters. The second kappa shape index (κ2) is 7.89. The number of hydrogen-bond donors (Lipinski definition) is 1. The van der Waals surface area contributed by atoms with E-state index in [1.165, 1.54) is 11.8 Å². The normalized spacial score (nSPS) is 10.3. The van der Waals surface area contributed by atoms with Gasteiger partial charge in [-0.25, -0.2) is 4.98 Å². The molecule has 2 aromatic carbocycles. The maximum absolute atomic E-state index is 12.2. The molecule has 1 amide bonds. The van der Waals surface area contributed by atoms with E-state index in [9.17, 15) is 10.1 Å². The highest BCUT2D eigenvalue weighted by molar-refractivity contribution is 8.00. The van der Waals surface area contributed by atoms with Crippen LogP contribution >= 0.6 is 11.8 Å². The number of methoxy groups -OCH3 is 1. The number of aromatic nitrogens is 1. The summed E-state index contributed by atoms with van der Waals surface area (Å²) in [6, 6.07) is 17.0. The Labute approximate surface area is 156 Å². The van der Waals surface area contributed by atoms with Gasteiger partial charge in [0.25, 0.3) is 0 Å². The Balaban J connectivity index is 1.71. The van der Waals surface area contributed by atoms with Crippen molar-refractivity contribution in [2.24, 2.45) is 0 Å². The van der Waals surface area contributed by atoms with Crippen LogP contribution in [0, 0.1) is 18.3 Å². The molecule has 0 aliphatic heterocycles. The Morgan fingerprint density at radius 1 is 1.23 bits per heavy atom. The molecular weight excluding hydrogens is 346 g/mol. The molecule has 26 heavy (non-hydrogen) atoms. The van der Waals surface area contributed by atoms with E-state index in [2.05, 4.69) is 16.4 Å². The van der Waals surface area contributed by atoms with Crippen molar-refractivity contribution in [3.05, 3.63) is 59.7 Å². The minimum absolute atomic E-state index is 0.158. The van der Waals surface area contributed by atoms with Crippen LogP contribution in [-0.4, -0.2) is 23.8 Å². The van der Waals surface area contributed by atoms with Crippen molar-refractivity contribution in [1.29, 1.82) is 5.26 Å². The molecule has 0 saturated heterocycles. The zero-order valence-corrected chi connectivity index (χ0v) is 15.3. The lowest BCUT2D eigenvalue weighted by molar-refractivity contribution is -0.113. The topological polar surface area (TPSA) is 75.0 Å². The predicted molar refractivity (Wildman–Crippen MR) is 104 cm³/mol. The number of nitriles is 1. The molecular formula is C20H17N3O2S. The van der Waals surface area contributed by atoms with E-state index in [-0.39, 0.29) is 11.7 Å². The summed E-state index contributed by atoms with van der Waals surface area (Å²) in [5.74, 6) is 0.743. The molecule has 0 bridgehead atoms. The Hall–Kier alpha value is -3.04. The van der Waals surface area contributed by atoms with Crippen LogP contribution in [0.5, 0.6) is 5.75 Å². The molecule has 1 heterocycles. The lowest BCUT2D eigenvalue weighted by atomic mass is 10.1. The molecule has 3 aromatic rings. The fourth-order valence-corrected chi connectivity index (χ4v) is 3.24. The Bertz CT molecular complexity index is 994. The van der Waals surface area contributed by atoms with Crippen molar-refractivity contribution >= 4 is 34.3 Å². The number of fused-ring (bicyclic) bond motifs is 1. The predicted octanol–water partition coefficient (Wildman–Crippen LogP) is 4.15. The summed E-state index contributed by atoms with van der Waals surface area (Å²) in [5, 5.41) is 13.7. The first-order chi connectivity index (χ1) is 12.6. The van der Waals surface area contributed by atoms with Crippen LogP contribution in [0.25, 0.3) is 10.9 Å². The highest BCUT2D eigenvalue weighted by Gasteiger charge is 2.11. The van der Waals surface area contributed by atoms with Gasteiger partial charge in [0.1, 0.15) is 16.8 Å². The zero-order chi connectivity index (χ0) is 18.5. The molecule has 5 nitrogen and oxygen atoms in total. The maximum Gasteiger partial charge on any atom is 0.234 e. The van der Waals surface area contributed by atoms with Crippen LogP contribution in [0.3, 0.4) is 0 Å². The molecule has 6 heteroatoms. The average molecular weight is 363 g/mol. The quantitative estimate of drug-likeness (QED) is 0.689. The molecule has 1 N–H and O–H groups in total. The van der Waals surface area contributed by atoms with Crippen molar-refractivity contribution in [1.82, 2.24) is 4.98 Å². The standard InChI is InChI=1S/C20H17N3O2S/c1-13-3-8-18-14(9-13)10-15(11-21)20(23-18)26-12-19(24)22-16-4-6-17(25-2)7-5-16/h3-10H,12H2,1-2H3,(H,22,24). The van der Waals surface area contributed by atoms with E-state index >= 15 is 0 Å². The van der Waals surface area contributed by atoms with E-state index in [4.69, 9.17) is 4.74 Å². The Morgan fingerprint density at radius 3 is 2.69 bits per heavy atom. The van der Waals surface area contributed by atoms with E-state index in [0.717, 1.165) is 22.2 Å². The fraction of sp³-hybridized carbons (Fsp3) is 0.150. The number of pyridine rings is 1. The summed E-state index contributed by atoms with van der Waals surface area (Å²) in [6.45, 7) is 2.00. The number of amides is 1. The molecule has 0 radical (unpaired) electrons. The summed E-state index contributed by atoms with van der Waals surface area (Å²) in [4.78, 5) is 16.7. The van der Waals surface area contributed by atoms with E-state index in [1.54, 1.807) is 31.4 Å². The van der Waals surface area contributed by atoms with Crippen LogP contribution in [-0.2, 0) is 4.79 Å². The second-order valence-corrected chi connectivity index (χ2v) is 6.68. The van der Waals surface area contributed by atoms with E-state index < -0.39 is 0 Å². The molecule has 0 saturated carbocycles. The number of rotatable bonds is 5. The Kier molecular flexibility index (Phi) is 5.40. The highest BCUT2D eigenvalue weighted by atomic mass is 32.2. The van der Waals surface area contributed by atoms with Crippen molar-refractivity contribution in [3.8, 4) is 11.8 Å². The van der Waals surface area contributed by atoms with Gasteiger partial charge in [0.15, 0.2) is 0 Å². The molecule has 1 aromatic heterocycles. The number of benzene rings is 2. The van der Waals surface area contributed by atoms with Gasteiger partial charge in [-0.3, -0.25) is 4.79 Å². The third kappa shape index (κ3) is 4.13. The lowest BCUT2D eigenvalue weighted by Crippen LogP contribution is -2.14. The van der Waals surface area contributed by atoms with Gasteiger partial charge in [-0.2, -0.15) is 5.26 Å². The minimum Gasteiger partial charge on any atom is -0.497 e. The summed E-state index contributed by atoms with van der Waals surface area (Å²) < 4.78 is 5.09. The van der Waals surface area contributed by atoms with E-state index in [1.807, 2.05) is 31.2 Å². The fourth-order valence-electron chi connectivity index (χ4n) is 2.47. The van der Waals surface area contributed by atoms with Gasteiger partial charge >= 0.3 is 0 Å². The lowest BCUT2D eigenvalue weighted by Gasteiger charge is -2.08. The van der Waals surface area contributed by atoms with Crippen molar-refractivity contribution < 1.29 is 9.53 Å². The average Bonchev–Trinajstić information content (AvgIpc) is 2.66. The summed E-state index contributed by atoms with van der Waals surface area (Å²) in [6.07, 6.45) is 0. The zero-order valence-electron chi connectivity index (χ0n) is 14.4. The van der Waals surface area contributed by atoms with Gasteiger partial charge in [-0.1, -0.05) is 23.4 Å². The van der Waals surface area contributed by atoms with Crippen LogP contribution in [0.15, 0.2) is 53.6 Å².